The van der Waals surface area contributed by atoms with Crippen molar-refractivity contribution < 1.29 is 9.53 Å². The molecule has 2 N–H and O–H groups in total. The number of anilines is 1. The van der Waals surface area contributed by atoms with Crippen molar-refractivity contribution in [3.05, 3.63) is 40.0 Å². The normalized spacial score (nSPS) is 10.6. The van der Waals surface area contributed by atoms with Crippen LogP contribution in [0.3, 0.4) is 0 Å². The molecule has 1 aromatic carbocycles. The molecule has 1 aromatic heterocycles. The third-order valence-corrected chi connectivity index (χ3v) is 3.83. The molecule has 0 radical (unpaired) electrons. The highest BCUT2D eigenvalue weighted by atomic mass is 35.5. The Labute approximate surface area is 139 Å². The van der Waals surface area contributed by atoms with Crippen LogP contribution in [0.25, 0.3) is 0 Å². The number of nitrogens with two attached hydrogens (primary N) is 1. The zero-order chi connectivity index (χ0) is 17.1. The van der Waals surface area contributed by atoms with E-state index in [0.29, 0.717) is 10.8 Å². The van der Waals surface area contributed by atoms with Gasteiger partial charge in [0, 0.05) is 5.02 Å². The van der Waals surface area contributed by atoms with E-state index in [1.54, 1.807) is 6.07 Å². The summed E-state index contributed by atoms with van der Waals surface area (Å²) in [4.78, 5) is 12.2. The molecular weight excluding hydrogens is 316 g/mol. The number of nitrogens with zero attached hydrogens (tertiary/aromatic N) is 3. The quantitative estimate of drug-likeness (QED) is 0.928. The first-order valence-corrected chi connectivity index (χ1v) is 7.42. The lowest BCUT2D eigenvalue weighted by molar-refractivity contribution is 0.0823. The molecule has 0 saturated heterocycles. The molecule has 0 fully saturated rings. The van der Waals surface area contributed by atoms with Crippen LogP contribution in [0.2, 0.25) is 5.02 Å². The summed E-state index contributed by atoms with van der Waals surface area (Å²) in [5, 5.41) is 13.3. The Kier molecular flexibility index (Phi) is 4.92. The highest BCUT2D eigenvalue weighted by Gasteiger charge is 2.16. The number of carbonyl (C=O) groups is 1. The molecule has 0 amide bonds. The first-order chi connectivity index (χ1) is 10.8. The molecule has 2 aromatic rings. The van der Waals surface area contributed by atoms with E-state index in [1.165, 1.54) is 6.20 Å². The molecule has 6 nitrogen and oxygen atoms in total. The highest BCUT2D eigenvalue weighted by Crippen LogP contribution is 2.32. The van der Waals surface area contributed by atoms with Gasteiger partial charge in [0.15, 0.2) is 6.61 Å². The average molecular weight is 333 g/mol. The van der Waals surface area contributed by atoms with Gasteiger partial charge in [-0.3, -0.25) is 4.79 Å². The van der Waals surface area contributed by atoms with E-state index in [2.05, 4.69) is 5.10 Å². The van der Waals surface area contributed by atoms with Gasteiger partial charge in [0.2, 0.25) is 0 Å². The van der Waals surface area contributed by atoms with Gasteiger partial charge in [0.25, 0.3) is 5.91 Å². The molecule has 0 aliphatic rings. The maximum atomic E-state index is 12.2. The lowest BCUT2D eigenvalue weighted by atomic mass is 10.0. The van der Waals surface area contributed by atoms with E-state index in [9.17, 15) is 4.79 Å². The van der Waals surface area contributed by atoms with Gasteiger partial charge in [0.1, 0.15) is 23.2 Å². The fourth-order valence-electron chi connectivity index (χ4n) is 2.09. The number of nitrogen functional groups attached to an aromatic ring is 1. The summed E-state index contributed by atoms with van der Waals surface area (Å²) in [7, 11) is 0. The fraction of sp³-hybridized carbons (Fsp3) is 0.312. The minimum atomic E-state index is -0.452. The Morgan fingerprint density at radius 1 is 1.52 bits per heavy atom. The van der Waals surface area contributed by atoms with Crippen molar-refractivity contribution in [1.82, 2.24) is 9.78 Å². The number of hydrogen-bond donors (Lipinski definition) is 1. The van der Waals surface area contributed by atoms with E-state index in [1.807, 2.05) is 32.9 Å². The van der Waals surface area contributed by atoms with Crippen molar-refractivity contribution in [2.45, 2.75) is 26.7 Å². The van der Waals surface area contributed by atoms with Crippen molar-refractivity contribution in [3.8, 4) is 11.8 Å². The minimum Gasteiger partial charge on any atom is -0.483 e. The maximum Gasteiger partial charge on any atom is 0.286 e. The lowest BCUT2D eigenvalue weighted by Crippen LogP contribution is -2.22. The van der Waals surface area contributed by atoms with Crippen LogP contribution < -0.4 is 10.5 Å². The summed E-state index contributed by atoms with van der Waals surface area (Å²) < 4.78 is 6.61. The van der Waals surface area contributed by atoms with Crippen LogP contribution in [0.5, 0.6) is 5.75 Å². The molecule has 0 aliphatic carbocycles. The van der Waals surface area contributed by atoms with Crippen molar-refractivity contribution in [2.24, 2.45) is 0 Å². The van der Waals surface area contributed by atoms with Crippen molar-refractivity contribution in [2.75, 3.05) is 12.3 Å². The molecule has 0 aliphatic heterocycles. The predicted octanol–water partition coefficient (Wildman–Crippen LogP) is 3.14. The summed E-state index contributed by atoms with van der Waals surface area (Å²) >= 11 is 6.14. The van der Waals surface area contributed by atoms with Crippen LogP contribution in [0.15, 0.2) is 18.3 Å². The molecule has 0 atom stereocenters. The van der Waals surface area contributed by atoms with E-state index in [0.717, 1.165) is 15.8 Å². The molecule has 0 bridgehead atoms. The molecule has 1 heterocycles. The molecule has 120 valence electrons. The molecule has 2 rings (SSSR count). The van der Waals surface area contributed by atoms with Crippen LogP contribution in [-0.2, 0) is 0 Å². The number of rotatable bonds is 4. The maximum absolute atomic E-state index is 12.2. The summed E-state index contributed by atoms with van der Waals surface area (Å²) in [5.74, 6) is 0.350. The summed E-state index contributed by atoms with van der Waals surface area (Å²) in [6.07, 6.45) is 1.25. The van der Waals surface area contributed by atoms with Crippen LogP contribution in [0.4, 0.5) is 5.82 Å². The second-order valence-electron chi connectivity index (χ2n) is 5.44. The van der Waals surface area contributed by atoms with Crippen LogP contribution in [0, 0.1) is 18.3 Å². The number of aromatic nitrogens is 2. The first-order valence-electron chi connectivity index (χ1n) is 7.04. The summed E-state index contributed by atoms with van der Waals surface area (Å²) in [6, 6.07) is 5.51. The van der Waals surface area contributed by atoms with Gasteiger partial charge >= 0.3 is 0 Å². The molecule has 0 unspecified atom stereocenters. The third-order valence-electron chi connectivity index (χ3n) is 3.43. The molecule has 0 spiro atoms. The van der Waals surface area contributed by atoms with E-state index >= 15 is 0 Å². The molecule has 0 saturated carbocycles. The standard InChI is InChI=1S/C16H17ClN4O2/c1-9(2)12-5-13(17)10(3)4-14(12)23-8-15(22)21-16(19)11(6-18)7-20-21/h4-5,7,9H,8,19H2,1-3H3. The Morgan fingerprint density at radius 2 is 2.22 bits per heavy atom. The van der Waals surface area contributed by atoms with E-state index in [-0.39, 0.29) is 23.9 Å². The number of aryl methyl sites for hydroxylation is 1. The fourth-order valence-corrected chi connectivity index (χ4v) is 2.26. The van der Waals surface area contributed by atoms with E-state index < -0.39 is 5.91 Å². The molecular formula is C16H17ClN4O2. The number of hydrogen-bond acceptors (Lipinski definition) is 5. The Morgan fingerprint density at radius 3 is 2.78 bits per heavy atom. The van der Waals surface area contributed by atoms with Gasteiger partial charge in [0.05, 0.1) is 6.20 Å². The SMILES string of the molecule is Cc1cc(OCC(=O)n2ncc(C#N)c2N)c(C(C)C)cc1Cl. The molecule has 7 heteroatoms. The minimum absolute atomic E-state index is 0.0115. The summed E-state index contributed by atoms with van der Waals surface area (Å²) in [5.41, 5.74) is 7.63. The zero-order valence-electron chi connectivity index (χ0n) is 13.1. The van der Waals surface area contributed by atoms with Crippen LogP contribution in [-0.4, -0.2) is 22.3 Å². The van der Waals surface area contributed by atoms with Crippen molar-refractivity contribution in [1.29, 1.82) is 5.26 Å². The number of nitriles is 1. The topological polar surface area (TPSA) is 93.9 Å². The second kappa shape index (κ2) is 6.71. The van der Waals surface area contributed by atoms with Gasteiger partial charge in [-0.2, -0.15) is 15.0 Å². The largest absolute Gasteiger partial charge is 0.483 e. The van der Waals surface area contributed by atoms with Gasteiger partial charge in [-0.25, -0.2) is 0 Å². The highest BCUT2D eigenvalue weighted by molar-refractivity contribution is 6.31. The monoisotopic (exact) mass is 332 g/mol. The lowest BCUT2D eigenvalue weighted by Gasteiger charge is -2.15. The van der Waals surface area contributed by atoms with Gasteiger partial charge in [-0.05, 0) is 36.1 Å². The third kappa shape index (κ3) is 3.46. The zero-order valence-corrected chi connectivity index (χ0v) is 13.9. The predicted molar refractivity (Wildman–Crippen MR) is 87.8 cm³/mol. The Hall–Kier alpha value is -2.52. The number of carbonyl (C=O) groups excluding carboxylic acids is 1. The molecule has 23 heavy (non-hydrogen) atoms. The second-order valence-corrected chi connectivity index (χ2v) is 5.85. The summed E-state index contributed by atoms with van der Waals surface area (Å²) in [6.45, 7) is 5.66. The van der Waals surface area contributed by atoms with Crippen molar-refractivity contribution in [3.63, 3.8) is 0 Å². The smallest absolute Gasteiger partial charge is 0.286 e. The van der Waals surface area contributed by atoms with Gasteiger partial charge in [-0.1, -0.05) is 25.4 Å². The van der Waals surface area contributed by atoms with Crippen LogP contribution >= 0.6 is 11.6 Å². The average Bonchev–Trinajstić information content (AvgIpc) is 2.88. The van der Waals surface area contributed by atoms with Crippen LogP contribution in [0.1, 0.15) is 41.3 Å². The number of ether oxygens (including phenoxy) is 1. The number of benzene rings is 1. The van der Waals surface area contributed by atoms with Gasteiger partial charge in [-0.15, -0.1) is 0 Å². The Balaban J connectivity index is 2.20. The number of halogens is 1. The Bertz CT molecular complexity index is 790. The van der Waals surface area contributed by atoms with Crippen molar-refractivity contribution >= 4 is 23.3 Å². The van der Waals surface area contributed by atoms with Gasteiger partial charge < -0.3 is 10.5 Å². The van der Waals surface area contributed by atoms with E-state index in [4.69, 9.17) is 27.3 Å². The first kappa shape index (κ1) is 16.8.